The number of carbonyl (C=O) groups excluding carboxylic acids is 2. The molecule has 0 fully saturated rings. The Morgan fingerprint density at radius 2 is 1.76 bits per heavy atom. The van der Waals surface area contributed by atoms with Crippen molar-refractivity contribution in [1.82, 2.24) is 9.97 Å². The normalized spacial score (nSPS) is 10.2. The van der Waals surface area contributed by atoms with Crippen molar-refractivity contribution in [2.45, 2.75) is 26.4 Å². The summed E-state index contributed by atoms with van der Waals surface area (Å²) < 4.78 is 10.5. The van der Waals surface area contributed by atoms with Crippen molar-refractivity contribution in [3.8, 4) is 11.5 Å². The lowest BCUT2D eigenvalue weighted by atomic mass is 10.3. The molecule has 0 bridgehead atoms. The van der Waals surface area contributed by atoms with Gasteiger partial charge in [0.1, 0.15) is 29.6 Å². The third kappa shape index (κ3) is 6.09. The van der Waals surface area contributed by atoms with E-state index in [1.54, 1.807) is 24.3 Å². The first-order valence-corrected chi connectivity index (χ1v) is 7.68. The number of carbonyl (C=O) groups is 2. The van der Waals surface area contributed by atoms with Crippen LogP contribution in [0.4, 0.5) is 11.6 Å². The number of rotatable bonds is 7. The van der Waals surface area contributed by atoms with Crippen LogP contribution in [0.5, 0.6) is 11.5 Å². The van der Waals surface area contributed by atoms with Crippen molar-refractivity contribution in [2.75, 3.05) is 17.7 Å². The second kappa shape index (κ2) is 8.62. The molecule has 2 aromatic rings. The van der Waals surface area contributed by atoms with Gasteiger partial charge in [0, 0.05) is 12.3 Å². The number of nitrogens with zero attached hydrogens (tertiary/aromatic N) is 2. The molecule has 0 saturated carbocycles. The van der Waals surface area contributed by atoms with Gasteiger partial charge in [0.25, 0.3) is 0 Å². The molecule has 8 heteroatoms. The van der Waals surface area contributed by atoms with Gasteiger partial charge in [-0.25, -0.2) is 9.97 Å². The van der Waals surface area contributed by atoms with E-state index in [-0.39, 0.29) is 12.5 Å². The molecule has 0 aliphatic carbocycles. The molecule has 2 N–H and O–H groups in total. The molecule has 0 aliphatic heterocycles. The molecule has 0 spiro atoms. The summed E-state index contributed by atoms with van der Waals surface area (Å²) in [7, 11) is 1.52. The predicted octanol–water partition coefficient (Wildman–Crippen LogP) is 2.24. The van der Waals surface area contributed by atoms with Crippen LogP contribution >= 0.6 is 0 Å². The number of pyridine rings is 2. The Morgan fingerprint density at radius 1 is 1.04 bits per heavy atom. The molecule has 0 atom stereocenters. The molecule has 25 heavy (non-hydrogen) atoms. The number of amides is 2. The van der Waals surface area contributed by atoms with E-state index in [1.807, 2.05) is 13.8 Å². The average molecular weight is 344 g/mol. The first kappa shape index (κ1) is 18.2. The Bertz CT molecular complexity index is 732. The first-order valence-electron chi connectivity index (χ1n) is 7.68. The monoisotopic (exact) mass is 344 g/mol. The van der Waals surface area contributed by atoms with E-state index in [9.17, 15) is 9.59 Å². The van der Waals surface area contributed by atoms with Gasteiger partial charge in [-0.1, -0.05) is 0 Å². The van der Waals surface area contributed by atoms with E-state index < -0.39 is 11.8 Å². The molecule has 2 aromatic heterocycles. The molecule has 132 valence electrons. The summed E-state index contributed by atoms with van der Waals surface area (Å²) in [6.07, 6.45) is 2.65. The molecular weight excluding hydrogens is 324 g/mol. The summed E-state index contributed by atoms with van der Waals surface area (Å²) in [5, 5.41) is 5.10. The molecule has 0 radical (unpaired) electrons. The van der Waals surface area contributed by atoms with Gasteiger partial charge in [-0.15, -0.1) is 0 Å². The molecule has 0 aliphatic rings. The van der Waals surface area contributed by atoms with E-state index in [0.29, 0.717) is 23.1 Å². The maximum Gasteiger partial charge on any atom is 0.234 e. The lowest BCUT2D eigenvalue weighted by Crippen LogP contribution is -2.22. The van der Waals surface area contributed by atoms with E-state index in [1.165, 1.54) is 19.5 Å². The summed E-state index contributed by atoms with van der Waals surface area (Å²) in [5.41, 5.74) is 0. The minimum atomic E-state index is -0.486. The van der Waals surface area contributed by atoms with Gasteiger partial charge in [-0.2, -0.15) is 0 Å². The maximum absolute atomic E-state index is 12.0. The van der Waals surface area contributed by atoms with E-state index in [4.69, 9.17) is 9.47 Å². The topological polar surface area (TPSA) is 102 Å². The lowest BCUT2D eigenvalue weighted by Gasteiger charge is -2.11. The van der Waals surface area contributed by atoms with Crippen molar-refractivity contribution in [3.63, 3.8) is 0 Å². The number of anilines is 2. The highest BCUT2D eigenvalue weighted by atomic mass is 16.5. The number of hydrogen-bond donors (Lipinski definition) is 2. The van der Waals surface area contributed by atoms with E-state index >= 15 is 0 Å². The molecular formula is C17H20N4O4. The number of methoxy groups -OCH3 is 1. The fourth-order valence-electron chi connectivity index (χ4n) is 1.92. The molecule has 2 amide bonds. The first-order chi connectivity index (χ1) is 12.0. The van der Waals surface area contributed by atoms with Gasteiger partial charge < -0.3 is 20.1 Å². The Balaban J connectivity index is 1.87. The molecule has 2 rings (SSSR count). The second-order valence-electron chi connectivity index (χ2n) is 5.40. The van der Waals surface area contributed by atoms with Crippen molar-refractivity contribution in [1.29, 1.82) is 0 Å². The van der Waals surface area contributed by atoms with E-state index in [0.717, 1.165) is 0 Å². The predicted molar refractivity (Wildman–Crippen MR) is 92.7 cm³/mol. The van der Waals surface area contributed by atoms with Crippen LogP contribution in [-0.2, 0) is 9.59 Å². The van der Waals surface area contributed by atoms with E-state index in [2.05, 4.69) is 20.6 Å². The summed E-state index contributed by atoms with van der Waals surface area (Å²) in [6.45, 7) is 3.80. The Labute approximate surface area is 145 Å². The highest BCUT2D eigenvalue weighted by Crippen LogP contribution is 2.16. The fraction of sp³-hybridized carbons (Fsp3) is 0.294. The molecule has 0 unspecified atom stereocenters. The zero-order valence-electron chi connectivity index (χ0n) is 14.3. The van der Waals surface area contributed by atoms with Gasteiger partial charge in [0.15, 0.2) is 0 Å². The number of nitrogens with one attached hydrogen (secondary N) is 2. The largest absolute Gasteiger partial charge is 0.495 e. The highest BCUT2D eigenvalue weighted by molar-refractivity contribution is 6.07. The minimum absolute atomic E-state index is 0.00808. The second-order valence-corrected chi connectivity index (χ2v) is 5.40. The highest BCUT2D eigenvalue weighted by Gasteiger charge is 2.12. The van der Waals surface area contributed by atoms with Gasteiger partial charge >= 0.3 is 0 Å². The Kier molecular flexibility index (Phi) is 6.27. The maximum atomic E-state index is 12.0. The van der Waals surface area contributed by atoms with Crippen molar-refractivity contribution in [3.05, 3.63) is 36.7 Å². The molecule has 0 saturated heterocycles. The quantitative estimate of drug-likeness (QED) is 0.747. The van der Waals surface area contributed by atoms with Crippen molar-refractivity contribution < 1.29 is 19.1 Å². The standard InChI is InChI=1S/C17H20N4O4/c1-11(2)25-12-6-7-18-15(8-12)21-17(23)9-16(22)20-14-5-4-13(24-3)10-19-14/h4-8,10-11H,9H2,1-3H3,(H,18,21,23)(H,19,20,22). The number of ether oxygens (including phenoxy) is 2. The molecule has 8 nitrogen and oxygen atoms in total. The smallest absolute Gasteiger partial charge is 0.234 e. The third-order valence-electron chi connectivity index (χ3n) is 2.93. The summed E-state index contributed by atoms with van der Waals surface area (Å²) in [5.74, 6) is 0.852. The van der Waals surface area contributed by atoms with Crippen molar-refractivity contribution in [2.24, 2.45) is 0 Å². The van der Waals surface area contributed by atoms with Crippen LogP contribution in [0.1, 0.15) is 20.3 Å². The van der Waals surface area contributed by atoms with Crippen LogP contribution < -0.4 is 20.1 Å². The van der Waals surface area contributed by atoms with Crippen LogP contribution in [-0.4, -0.2) is 35.0 Å². The summed E-state index contributed by atoms with van der Waals surface area (Å²) in [4.78, 5) is 31.9. The molecule has 0 aromatic carbocycles. The van der Waals surface area contributed by atoms with Crippen LogP contribution in [0.3, 0.4) is 0 Å². The molecule has 2 heterocycles. The Morgan fingerprint density at radius 3 is 2.36 bits per heavy atom. The van der Waals surface area contributed by atoms with Crippen LogP contribution in [0.2, 0.25) is 0 Å². The number of aromatic nitrogens is 2. The van der Waals surface area contributed by atoms with Crippen molar-refractivity contribution >= 4 is 23.5 Å². The zero-order valence-corrected chi connectivity index (χ0v) is 14.3. The average Bonchev–Trinajstić information content (AvgIpc) is 2.55. The SMILES string of the molecule is COc1ccc(NC(=O)CC(=O)Nc2cc(OC(C)C)ccn2)nc1. The van der Waals surface area contributed by atoms with Crippen LogP contribution in [0.25, 0.3) is 0 Å². The third-order valence-corrected chi connectivity index (χ3v) is 2.93. The van der Waals surface area contributed by atoms with Gasteiger partial charge in [0.05, 0.1) is 19.4 Å². The van der Waals surface area contributed by atoms with Crippen LogP contribution in [0, 0.1) is 0 Å². The van der Waals surface area contributed by atoms with Gasteiger partial charge in [0.2, 0.25) is 11.8 Å². The summed E-state index contributed by atoms with van der Waals surface area (Å²) >= 11 is 0. The van der Waals surface area contributed by atoms with Gasteiger partial charge in [-0.05, 0) is 32.0 Å². The summed E-state index contributed by atoms with van der Waals surface area (Å²) in [6, 6.07) is 6.54. The minimum Gasteiger partial charge on any atom is -0.495 e. The zero-order chi connectivity index (χ0) is 18.2. The van der Waals surface area contributed by atoms with Crippen LogP contribution in [0.15, 0.2) is 36.7 Å². The lowest BCUT2D eigenvalue weighted by molar-refractivity contribution is -0.123. The number of hydrogen-bond acceptors (Lipinski definition) is 6. The fourth-order valence-corrected chi connectivity index (χ4v) is 1.92. The Hall–Kier alpha value is -3.16. The van der Waals surface area contributed by atoms with Gasteiger partial charge in [-0.3, -0.25) is 9.59 Å².